The fourth-order valence-electron chi connectivity index (χ4n) is 5.94. The predicted octanol–water partition coefficient (Wildman–Crippen LogP) is 2.61. The smallest absolute Gasteiger partial charge is 0.315 e. The van der Waals surface area contributed by atoms with Gasteiger partial charge in [0.2, 0.25) is 0 Å². The monoisotopic (exact) mass is 412 g/mol. The van der Waals surface area contributed by atoms with Crippen molar-refractivity contribution >= 4 is 6.03 Å². The fraction of sp³-hybridized carbons (Fsp3) is 0.955. The molecule has 2 unspecified atom stereocenters. The van der Waals surface area contributed by atoms with Crippen LogP contribution in [0.1, 0.15) is 64.7 Å². The highest BCUT2D eigenvalue weighted by molar-refractivity contribution is 5.74. The molecule has 0 aromatic carbocycles. The highest BCUT2D eigenvalue weighted by Gasteiger charge is 2.57. The lowest BCUT2D eigenvalue weighted by molar-refractivity contribution is -0.139. The Bertz CT molecular complexity index is 501. The third kappa shape index (κ3) is 7.09. The van der Waals surface area contributed by atoms with Crippen LogP contribution in [-0.4, -0.2) is 68.5 Å². The second kappa shape index (κ2) is 10.9. The molecule has 7 nitrogen and oxygen atoms in total. The van der Waals surface area contributed by atoms with Crippen LogP contribution in [-0.2, 0) is 14.2 Å². The average molecular weight is 413 g/mol. The van der Waals surface area contributed by atoms with Gasteiger partial charge in [0.05, 0.1) is 32.0 Å². The first-order chi connectivity index (χ1) is 14.0. The lowest BCUT2D eigenvalue weighted by Gasteiger charge is -2.60. The van der Waals surface area contributed by atoms with Crippen molar-refractivity contribution in [1.29, 1.82) is 0 Å². The zero-order chi connectivity index (χ0) is 20.6. The normalized spacial score (nSPS) is 32.5. The summed E-state index contributed by atoms with van der Waals surface area (Å²) in [7, 11) is 0. The first kappa shape index (κ1) is 22.8. The molecule has 2 amide bonds. The minimum atomic E-state index is -0.536. The Balaban J connectivity index is 1.17. The number of carbonyl (C=O) groups is 1. The SMILES string of the molecule is CCOCCOCCOCCCCCNC(=O)NC12CC3CC(CC(O)(C3)C1)C2. The number of rotatable bonds is 14. The maximum Gasteiger partial charge on any atom is 0.315 e. The third-order valence-electron chi connectivity index (χ3n) is 6.61. The van der Waals surface area contributed by atoms with Gasteiger partial charge in [-0.2, -0.15) is 0 Å². The molecule has 2 atom stereocenters. The third-order valence-corrected chi connectivity index (χ3v) is 6.61. The van der Waals surface area contributed by atoms with Crippen molar-refractivity contribution in [2.24, 2.45) is 11.8 Å². The number of hydrogen-bond donors (Lipinski definition) is 3. The Morgan fingerprint density at radius 3 is 2.24 bits per heavy atom. The van der Waals surface area contributed by atoms with Crippen molar-refractivity contribution in [1.82, 2.24) is 10.6 Å². The van der Waals surface area contributed by atoms with Crippen LogP contribution in [0.4, 0.5) is 4.79 Å². The summed E-state index contributed by atoms with van der Waals surface area (Å²) < 4.78 is 16.1. The topological polar surface area (TPSA) is 89.0 Å². The van der Waals surface area contributed by atoms with E-state index >= 15 is 0 Å². The van der Waals surface area contributed by atoms with E-state index in [2.05, 4.69) is 10.6 Å². The minimum absolute atomic E-state index is 0.0731. The van der Waals surface area contributed by atoms with E-state index in [0.717, 1.165) is 64.6 Å². The van der Waals surface area contributed by atoms with Crippen LogP contribution in [0, 0.1) is 11.8 Å². The van der Waals surface area contributed by atoms with Crippen molar-refractivity contribution < 1.29 is 24.1 Å². The van der Waals surface area contributed by atoms with Gasteiger partial charge in [-0.1, -0.05) is 0 Å². The predicted molar refractivity (Wildman–Crippen MR) is 111 cm³/mol. The van der Waals surface area contributed by atoms with E-state index in [0.29, 0.717) is 44.8 Å². The number of nitrogens with one attached hydrogen (secondary N) is 2. The van der Waals surface area contributed by atoms with Crippen LogP contribution >= 0.6 is 0 Å². The molecule has 4 aliphatic carbocycles. The zero-order valence-corrected chi connectivity index (χ0v) is 18.0. The maximum atomic E-state index is 12.4. The molecule has 29 heavy (non-hydrogen) atoms. The highest BCUT2D eigenvalue weighted by atomic mass is 16.5. The molecule has 7 heteroatoms. The van der Waals surface area contributed by atoms with E-state index in [1.165, 1.54) is 6.42 Å². The molecule has 168 valence electrons. The van der Waals surface area contributed by atoms with Crippen LogP contribution in [0.25, 0.3) is 0 Å². The van der Waals surface area contributed by atoms with Crippen molar-refractivity contribution in [3.05, 3.63) is 0 Å². The summed E-state index contributed by atoms with van der Waals surface area (Å²) in [5.41, 5.74) is -0.715. The number of hydrogen-bond acceptors (Lipinski definition) is 5. The van der Waals surface area contributed by atoms with Gasteiger partial charge in [-0.15, -0.1) is 0 Å². The van der Waals surface area contributed by atoms with E-state index in [1.807, 2.05) is 6.92 Å². The maximum absolute atomic E-state index is 12.4. The standard InChI is InChI=1S/C22H40N2O5/c1-2-27-8-9-29-11-10-28-7-5-3-4-6-23-20(25)24-21-13-18-12-19(14-21)16-22(26,15-18)17-21/h18-19,26H,2-17H2,1H3,(H2,23,24,25). The molecule has 3 N–H and O–H groups in total. The number of ether oxygens (including phenoxy) is 3. The molecule has 0 spiro atoms. The van der Waals surface area contributed by atoms with E-state index in [1.54, 1.807) is 0 Å². The second-order valence-electron chi connectivity index (χ2n) is 9.33. The molecule has 4 aliphatic rings. The molecule has 4 rings (SSSR count). The van der Waals surface area contributed by atoms with Gasteiger partial charge in [0.15, 0.2) is 0 Å². The van der Waals surface area contributed by atoms with Crippen LogP contribution in [0.15, 0.2) is 0 Å². The fourth-order valence-corrected chi connectivity index (χ4v) is 5.94. The number of aliphatic hydroxyl groups is 1. The molecule has 4 saturated carbocycles. The van der Waals surface area contributed by atoms with Crippen molar-refractivity contribution in [3.63, 3.8) is 0 Å². The van der Waals surface area contributed by atoms with Crippen LogP contribution < -0.4 is 10.6 Å². The molecule has 0 heterocycles. The van der Waals surface area contributed by atoms with E-state index in [9.17, 15) is 9.90 Å². The van der Waals surface area contributed by atoms with Crippen molar-refractivity contribution in [2.75, 3.05) is 46.2 Å². The minimum Gasteiger partial charge on any atom is -0.390 e. The molecular weight excluding hydrogens is 372 g/mol. The summed E-state index contributed by atoms with van der Waals surface area (Å²) in [6.07, 6.45) is 8.85. The van der Waals surface area contributed by atoms with E-state index in [-0.39, 0.29) is 11.6 Å². The van der Waals surface area contributed by atoms with E-state index in [4.69, 9.17) is 14.2 Å². The van der Waals surface area contributed by atoms with E-state index < -0.39 is 5.60 Å². The van der Waals surface area contributed by atoms with Crippen LogP contribution in [0.3, 0.4) is 0 Å². The van der Waals surface area contributed by atoms with Gasteiger partial charge in [-0.25, -0.2) is 4.79 Å². The second-order valence-corrected chi connectivity index (χ2v) is 9.33. The summed E-state index contributed by atoms with van der Waals surface area (Å²) >= 11 is 0. The molecule has 0 aromatic heterocycles. The lowest BCUT2D eigenvalue weighted by Crippen LogP contribution is -2.66. The largest absolute Gasteiger partial charge is 0.390 e. The quantitative estimate of drug-likeness (QED) is 0.382. The summed E-state index contributed by atoms with van der Waals surface area (Å²) in [5.74, 6) is 1.16. The molecule has 0 aliphatic heterocycles. The van der Waals surface area contributed by atoms with Gasteiger partial charge in [0, 0.05) is 25.3 Å². The highest BCUT2D eigenvalue weighted by Crippen LogP contribution is 2.57. The zero-order valence-electron chi connectivity index (χ0n) is 18.0. The number of unbranched alkanes of at least 4 members (excludes halogenated alkanes) is 2. The Labute approximate surface area is 175 Å². The van der Waals surface area contributed by atoms with Gasteiger partial charge in [-0.05, 0) is 76.5 Å². The molecular formula is C22H40N2O5. The summed E-state index contributed by atoms with van der Waals surface area (Å²) in [4.78, 5) is 12.4. The van der Waals surface area contributed by atoms with Crippen molar-refractivity contribution in [3.8, 4) is 0 Å². The lowest BCUT2D eigenvalue weighted by atomic mass is 9.51. The molecule has 0 saturated heterocycles. The molecule has 0 aromatic rings. The van der Waals surface area contributed by atoms with Gasteiger partial charge in [0.1, 0.15) is 0 Å². The first-order valence-corrected chi connectivity index (χ1v) is 11.5. The van der Waals surface area contributed by atoms with Gasteiger partial charge >= 0.3 is 6.03 Å². The Kier molecular flexibility index (Phi) is 8.59. The Morgan fingerprint density at radius 1 is 0.931 bits per heavy atom. The Hall–Kier alpha value is -0.890. The van der Waals surface area contributed by atoms with Gasteiger partial charge in [-0.3, -0.25) is 0 Å². The van der Waals surface area contributed by atoms with Crippen LogP contribution in [0.5, 0.6) is 0 Å². The number of urea groups is 1. The van der Waals surface area contributed by atoms with Crippen LogP contribution in [0.2, 0.25) is 0 Å². The summed E-state index contributed by atoms with van der Waals surface area (Å²) in [6, 6.07) is -0.0731. The van der Waals surface area contributed by atoms with Gasteiger partial charge in [0.25, 0.3) is 0 Å². The van der Waals surface area contributed by atoms with Crippen molar-refractivity contribution in [2.45, 2.75) is 75.9 Å². The summed E-state index contributed by atoms with van der Waals surface area (Å²) in [5, 5.41) is 17.0. The molecule has 4 bridgehead atoms. The molecule has 4 fully saturated rings. The van der Waals surface area contributed by atoms with Gasteiger partial charge < -0.3 is 30.0 Å². The Morgan fingerprint density at radius 2 is 1.59 bits per heavy atom. The summed E-state index contributed by atoms with van der Waals surface area (Å²) in [6.45, 7) is 6.58. The number of carbonyl (C=O) groups excluding carboxylic acids is 1. The number of amides is 2. The molecule has 0 radical (unpaired) electrons. The average Bonchev–Trinajstić information content (AvgIpc) is 2.63. The first-order valence-electron chi connectivity index (χ1n) is 11.5.